The molecule has 0 bridgehead atoms. The molecule has 0 spiro atoms. The van der Waals surface area contributed by atoms with Gasteiger partial charge in [-0.3, -0.25) is 4.55 Å². The highest BCUT2D eigenvalue weighted by atomic mass is 32.2. The van der Waals surface area contributed by atoms with Crippen LogP contribution in [0, 0.1) is 0 Å². The zero-order chi connectivity index (χ0) is 25.4. The van der Waals surface area contributed by atoms with Crippen LogP contribution in [0.3, 0.4) is 0 Å². The fourth-order valence-electron chi connectivity index (χ4n) is 3.73. The molecule has 0 saturated carbocycles. The minimum absolute atomic E-state index is 0.207. The van der Waals surface area contributed by atoms with Crippen molar-refractivity contribution in [2.45, 2.75) is 37.9 Å². The molecule has 1 aliphatic heterocycles. The molecule has 0 saturated heterocycles. The van der Waals surface area contributed by atoms with Crippen molar-refractivity contribution in [3.05, 3.63) is 71.6 Å². The zero-order valence-electron chi connectivity index (χ0n) is 19.3. The van der Waals surface area contributed by atoms with Crippen LogP contribution in [0.2, 0.25) is 0 Å². The van der Waals surface area contributed by atoms with E-state index in [0.717, 1.165) is 0 Å². The second-order valence-corrected chi connectivity index (χ2v) is 10.3. The van der Waals surface area contributed by atoms with Crippen LogP contribution in [0.5, 0.6) is 0 Å². The van der Waals surface area contributed by atoms with Gasteiger partial charge >= 0.3 is 6.09 Å². The summed E-state index contributed by atoms with van der Waals surface area (Å²) >= 11 is 0. The molecule has 0 radical (unpaired) electrons. The lowest BCUT2D eigenvalue weighted by atomic mass is 9.93. The van der Waals surface area contributed by atoms with Gasteiger partial charge in [-0.2, -0.15) is 8.42 Å². The number of aliphatic hydroxyl groups is 1. The summed E-state index contributed by atoms with van der Waals surface area (Å²) in [6, 6.07) is 16.3. The number of ether oxygens (including phenoxy) is 1. The van der Waals surface area contributed by atoms with E-state index in [1.165, 1.54) is 12.1 Å². The van der Waals surface area contributed by atoms with Crippen molar-refractivity contribution in [3.63, 3.8) is 0 Å². The molecule has 2 aliphatic rings. The van der Waals surface area contributed by atoms with Crippen molar-refractivity contribution in [1.82, 2.24) is 5.43 Å². The average Bonchev–Trinajstić information content (AvgIpc) is 2.79. The summed E-state index contributed by atoms with van der Waals surface area (Å²) in [5.41, 5.74) is 4.21. The number of hydrogen-bond acceptors (Lipinski definition) is 6. The number of fused-ring (bicyclic) bond motifs is 2. The molecular weight excluding hydrogens is 472 g/mol. The number of aliphatic hydroxyl groups excluding tert-OH is 1. The van der Waals surface area contributed by atoms with Crippen molar-refractivity contribution >= 4 is 27.2 Å². The van der Waals surface area contributed by atoms with E-state index in [1.54, 1.807) is 69.3 Å². The van der Waals surface area contributed by atoms with Gasteiger partial charge in [0.1, 0.15) is 21.8 Å². The largest absolute Gasteiger partial charge is 0.461 e. The van der Waals surface area contributed by atoms with Crippen LogP contribution in [0.1, 0.15) is 26.3 Å². The standard InChI is InChI=1S/C25H24N2O7S/c1-25(2,3)34-24(29)27-26-16-9-11-18-21(13-16)33-20-12-15(14-28)8-10-17(20)23(18)19-6-4-5-7-22(19)35(30,31)32/h4-13,28H,14H2,1-3H3,(H,27,29)(H,30,31,32)/p+1. The Bertz CT molecular complexity index is 1570. The smallest absolute Gasteiger partial charge is 0.456 e. The second-order valence-electron chi connectivity index (χ2n) is 8.90. The monoisotopic (exact) mass is 497 g/mol. The van der Waals surface area contributed by atoms with Crippen LogP contribution in [0.25, 0.3) is 33.4 Å². The summed E-state index contributed by atoms with van der Waals surface area (Å²) in [6.45, 7) is 5.04. The molecule has 0 aromatic heterocycles. The van der Waals surface area contributed by atoms with Gasteiger partial charge in [0.25, 0.3) is 10.1 Å². The van der Waals surface area contributed by atoms with Crippen LogP contribution in [0.15, 0.2) is 70.0 Å². The second kappa shape index (κ2) is 9.14. The van der Waals surface area contributed by atoms with Gasteiger partial charge in [0.15, 0.2) is 0 Å². The first kappa shape index (κ1) is 24.4. The number of amides is 1. The summed E-state index contributed by atoms with van der Waals surface area (Å²) in [5.74, 6) is 0.378. The maximum absolute atomic E-state index is 12.1. The third-order valence-electron chi connectivity index (χ3n) is 5.11. The minimum Gasteiger partial charge on any atom is -0.456 e. The Morgan fingerprint density at radius 1 is 1.06 bits per heavy atom. The molecule has 1 aliphatic carbocycles. The number of hydrazine groups is 1. The Hall–Kier alpha value is -3.73. The molecule has 1 amide bonds. The highest BCUT2D eigenvalue weighted by Gasteiger charge is 2.24. The molecule has 0 unspecified atom stereocenters. The van der Waals surface area contributed by atoms with Crippen molar-refractivity contribution in [2.24, 2.45) is 0 Å². The Morgan fingerprint density at radius 3 is 2.49 bits per heavy atom. The molecule has 9 nitrogen and oxygen atoms in total. The summed E-state index contributed by atoms with van der Waals surface area (Å²) in [7, 11) is -4.52. The summed E-state index contributed by atoms with van der Waals surface area (Å²) in [6.07, 6.45) is -0.664. The Kier molecular flexibility index (Phi) is 6.37. The van der Waals surface area contributed by atoms with Gasteiger partial charge in [-0.25, -0.2) is 4.79 Å². The van der Waals surface area contributed by atoms with E-state index in [1.807, 2.05) is 0 Å². The fraction of sp³-hybridized carbons (Fsp3) is 0.200. The number of rotatable bonds is 4. The van der Waals surface area contributed by atoms with Gasteiger partial charge in [0.2, 0.25) is 5.36 Å². The van der Waals surface area contributed by atoms with Gasteiger partial charge in [-0.1, -0.05) is 35.8 Å². The predicted molar refractivity (Wildman–Crippen MR) is 127 cm³/mol. The maximum atomic E-state index is 12.1. The molecule has 0 atom stereocenters. The molecule has 35 heavy (non-hydrogen) atoms. The van der Waals surface area contributed by atoms with E-state index >= 15 is 0 Å². The van der Waals surface area contributed by atoms with Crippen molar-refractivity contribution in [1.29, 1.82) is 0 Å². The Balaban J connectivity index is 1.96. The molecule has 0 fully saturated rings. The van der Waals surface area contributed by atoms with Gasteiger partial charge in [0, 0.05) is 28.1 Å². The fourth-order valence-corrected chi connectivity index (χ4v) is 4.42. The normalized spacial score (nSPS) is 12.8. The van der Waals surface area contributed by atoms with E-state index in [-0.39, 0.29) is 11.5 Å². The SMILES string of the molecule is CC(C)(C)OC(=O)N[NH+]=c1ccc2c(-c3ccccc3S(=O)(=O)O)c3ccc(CO)cc3oc-2c1. The third-order valence-corrected chi connectivity index (χ3v) is 6.02. The van der Waals surface area contributed by atoms with Crippen molar-refractivity contribution < 1.29 is 37.1 Å². The van der Waals surface area contributed by atoms with Crippen LogP contribution >= 0.6 is 0 Å². The molecule has 4 rings (SSSR count). The topological polar surface area (TPSA) is 140 Å². The minimum atomic E-state index is -4.52. The molecule has 1 heterocycles. The number of carbonyl (C=O) groups is 1. The van der Waals surface area contributed by atoms with Gasteiger partial charge in [-0.15, -0.1) is 5.10 Å². The number of nitrogens with one attached hydrogen (secondary N) is 2. The van der Waals surface area contributed by atoms with Crippen LogP contribution in [-0.2, 0) is 21.5 Å². The number of carbonyl (C=O) groups excluding carboxylic acids is 1. The van der Waals surface area contributed by atoms with Gasteiger partial charge < -0.3 is 14.3 Å². The Morgan fingerprint density at radius 2 is 1.80 bits per heavy atom. The molecule has 182 valence electrons. The lowest BCUT2D eigenvalue weighted by Gasteiger charge is -2.17. The van der Waals surface area contributed by atoms with Crippen LogP contribution < -0.4 is 15.9 Å². The first-order valence-electron chi connectivity index (χ1n) is 10.7. The van der Waals surface area contributed by atoms with E-state index in [2.05, 4.69) is 10.5 Å². The first-order chi connectivity index (χ1) is 16.5. The molecule has 10 heteroatoms. The van der Waals surface area contributed by atoms with Gasteiger partial charge in [0.05, 0.1) is 12.7 Å². The van der Waals surface area contributed by atoms with Crippen molar-refractivity contribution in [2.75, 3.05) is 0 Å². The summed E-state index contributed by atoms with van der Waals surface area (Å²) < 4.78 is 45.4. The van der Waals surface area contributed by atoms with Crippen LogP contribution in [-0.4, -0.2) is 29.8 Å². The summed E-state index contributed by atoms with van der Waals surface area (Å²) in [4.78, 5) is 11.7. The third kappa shape index (κ3) is 5.35. The Labute approximate surface area is 201 Å². The highest BCUT2D eigenvalue weighted by molar-refractivity contribution is 7.86. The van der Waals surface area contributed by atoms with E-state index in [4.69, 9.17) is 9.15 Å². The lowest BCUT2D eigenvalue weighted by molar-refractivity contribution is -0.552. The van der Waals surface area contributed by atoms with E-state index < -0.39 is 21.8 Å². The van der Waals surface area contributed by atoms with Crippen LogP contribution in [0.4, 0.5) is 4.79 Å². The lowest BCUT2D eigenvalue weighted by Crippen LogP contribution is -2.87. The van der Waals surface area contributed by atoms with E-state index in [9.17, 15) is 22.9 Å². The first-order valence-corrected chi connectivity index (χ1v) is 12.2. The molecular formula is C25H25N2O7S+. The number of benzene rings is 3. The molecule has 2 aromatic rings. The highest BCUT2D eigenvalue weighted by Crippen LogP contribution is 2.42. The zero-order valence-corrected chi connectivity index (χ0v) is 20.1. The van der Waals surface area contributed by atoms with E-state index in [0.29, 0.717) is 44.3 Å². The maximum Gasteiger partial charge on any atom is 0.461 e. The molecule has 4 N–H and O–H groups in total. The average molecular weight is 498 g/mol. The van der Waals surface area contributed by atoms with Gasteiger partial charge in [-0.05, 0) is 44.5 Å². The molecule has 2 aromatic carbocycles. The quantitative estimate of drug-likeness (QED) is 0.193. The van der Waals surface area contributed by atoms with Crippen molar-refractivity contribution in [3.8, 4) is 22.5 Å². The summed E-state index contributed by atoms with van der Waals surface area (Å²) in [5, 5.41) is 13.4. The predicted octanol–water partition coefficient (Wildman–Crippen LogP) is 2.36. The number of hydrogen-bond donors (Lipinski definition) is 4.